The van der Waals surface area contributed by atoms with Gasteiger partial charge in [0.2, 0.25) is 0 Å². The van der Waals surface area contributed by atoms with Crippen LogP contribution in [0.1, 0.15) is 32.4 Å². The number of H-pyrrole nitrogens is 1. The fraction of sp³-hybridized carbons (Fsp3) is 0.412. The number of nitrogens with one attached hydrogen (secondary N) is 3. The summed E-state index contributed by atoms with van der Waals surface area (Å²) < 4.78 is 5.27. The zero-order chi connectivity index (χ0) is 16.7. The number of carbonyl (C=O) groups excluding carboxylic acids is 1. The van der Waals surface area contributed by atoms with Crippen molar-refractivity contribution in [3.05, 3.63) is 30.0 Å². The van der Waals surface area contributed by atoms with Gasteiger partial charge in [-0.05, 0) is 25.0 Å². The number of rotatable bonds is 7. The number of ether oxygens (including phenoxy) is 1. The van der Waals surface area contributed by atoms with Crippen LogP contribution in [0, 0.1) is 0 Å². The summed E-state index contributed by atoms with van der Waals surface area (Å²) in [5, 5.41) is 13.2. The SMILES string of the molecule is CCCNC(=O)Nc1c(-c2cccc(OC)c2)n[nH]c1CCC. The highest BCUT2D eigenvalue weighted by Gasteiger charge is 2.17. The number of aromatic amines is 1. The van der Waals surface area contributed by atoms with Gasteiger partial charge in [-0.25, -0.2) is 4.79 Å². The third-order valence-corrected chi connectivity index (χ3v) is 3.46. The molecule has 124 valence electrons. The van der Waals surface area contributed by atoms with Crippen LogP contribution in [0.5, 0.6) is 5.75 Å². The Morgan fingerprint density at radius 1 is 1.30 bits per heavy atom. The number of benzene rings is 1. The van der Waals surface area contributed by atoms with E-state index in [0.717, 1.165) is 47.7 Å². The standard InChI is InChI=1S/C17H24N4O2/c1-4-7-14-16(19-17(22)18-10-5-2)15(21-20-14)12-8-6-9-13(11-12)23-3/h6,8-9,11H,4-5,7,10H2,1-3H3,(H,20,21)(H2,18,19,22). The smallest absolute Gasteiger partial charge is 0.319 e. The van der Waals surface area contributed by atoms with Crippen molar-refractivity contribution in [1.82, 2.24) is 15.5 Å². The molecule has 0 bridgehead atoms. The van der Waals surface area contributed by atoms with E-state index in [1.54, 1.807) is 7.11 Å². The lowest BCUT2D eigenvalue weighted by Crippen LogP contribution is -2.29. The van der Waals surface area contributed by atoms with Gasteiger partial charge in [-0.3, -0.25) is 5.10 Å². The quantitative estimate of drug-likeness (QED) is 0.730. The van der Waals surface area contributed by atoms with E-state index in [9.17, 15) is 4.79 Å². The second-order valence-corrected chi connectivity index (χ2v) is 5.29. The molecule has 2 rings (SSSR count). The first-order valence-corrected chi connectivity index (χ1v) is 7.96. The highest BCUT2D eigenvalue weighted by Crippen LogP contribution is 2.31. The molecular weight excluding hydrogens is 292 g/mol. The summed E-state index contributed by atoms with van der Waals surface area (Å²) in [6, 6.07) is 7.42. The summed E-state index contributed by atoms with van der Waals surface area (Å²) in [6.45, 7) is 4.75. The van der Waals surface area contributed by atoms with Crippen LogP contribution >= 0.6 is 0 Å². The van der Waals surface area contributed by atoms with E-state index < -0.39 is 0 Å². The van der Waals surface area contributed by atoms with Crippen LogP contribution in [0.4, 0.5) is 10.5 Å². The molecule has 0 radical (unpaired) electrons. The second kappa shape index (κ2) is 8.22. The number of carbonyl (C=O) groups is 1. The van der Waals surface area contributed by atoms with Gasteiger partial charge in [-0.1, -0.05) is 32.4 Å². The average molecular weight is 316 g/mol. The van der Waals surface area contributed by atoms with Gasteiger partial charge in [0.05, 0.1) is 18.5 Å². The summed E-state index contributed by atoms with van der Waals surface area (Å²) in [7, 11) is 1.63. The first-order valence-electron chi connectivity index (χ1n) is 7.96. The van der Waals surface area contributed by atoms with Crippen LogP contribution in [0.25, 0.3) is 11.3 Å². The van der Waals surface area contributed by atoms with E-state index in [-0.39, 0.29) is 6.03 Å². The number of aryl methyl sites for hydroxylation is 1. The fourth-order valence-electron chi connectivity index (χ4n) is 2.32. The molecule has 0 aliphatic rings. The lowest BCUT2D eigenvalue weighted by atomic mass is 10.1. The van der Waals surface area contributed by atoms with Crippen LogP contribution < -0.4 is 15.4 Å². The van der Waals surface area contributed by atoms with Gasteiger partial charge < -0.3 is 15.4 Å². The lowest BCUT2D eigenvalue weighted by Gasteiger charge is -2.10. The van der Waals surface area contributed by atoms with E-state index in [4.69, 9.17) is 4.74 Å². The molecular formula is C17H24N4O2. The molecule has 0 unspecified atom stereocenters. The summed E-state index contributed by atoms with van der Waals surface area (Å²) in [5.74, 6) is 0.754. The number of methoxy groups -OCH3 is 1. The number of aromatic nitrogens is 2. The fourth-order valence-corrected chi connectivity index (χ4v) is 2.32. The van der Waals surface area contributed by atoms with Gasteiger partial charge >= 0.3 is 6.03 Å². The van der Waals surface area contributed by atoms with Crippen LogP contribution in [0.15, 0.2) is 24.3 Å². The number of anilines is 1. The van der Waals surface area contributed by atoms with Crippen molar-refractivity contribution in [1.29, 1.82) is 0 Å². The second-order valence-electron chi connectivity index (χ2n) is 5.29. The number of amides is 2. The molecule has 1 aromatic carbocycles. The highest BCUT2D eigenvalue weighted by atomic mass is 16.5. The molecule has 6 heteroatoms. The Balaban J connectivity index is 2.33. The van der Waals surface area contributed by atoms with Crippen LogP contribution in [-0.4, -0.2) is 29.9 Å². The van der Waals surface area contributed by atoms with E-state index in [0.29, 0.717) is 6.54 Å². The minimum atomic E-state index is -0.213. The molecule has 2 amide bonds. The molecule has 0 saturated carbocycles. The van der Waals surface area contributed by atoms with Gasteiger partial charge in [-0.2, -0.15) is 5.10 Å². The van der Waals surface area contributed by atoms with E-state index in [2.05, 4.69) is 27.8 Å². The maximum atomic E-state index is 12.0. The normalized spacial score (nSPS) is 10.4. The largest absolute Gasteiger partial charge is 0.497 e. The van der Waals surface area contributed by atoms with Gasteiger partial charge in [-0.15, -0.1) is 0 Å². The maximum absolute atomic E-state index is 12.0. The molecule has 0 fully saturated rings. The number of nitrogens with zero attached hydrogens (tertiary/aromatic N) is 1. The zero-order valence-corrected chi connectivity index (χ0v) is 13.9. The maximum Gasteiger partial charge on any atom is 0.319 e. The molecule has 6 nitrogen and oxygen atoms in total. The van der Waals surface area contributed by atoms with Crippen LogP contribution in [-0.2, 0) is 6.42 Å². The Kier molecular flexibility index (Phi) is 6.02. The van der Waals surface area contributed by atoms with Gasteiger partial charge in [0, 0.05) is 12.1 Å². The average Bonchev–Trinajstić information content (AvgIpc) is 2.96. The van der Waals surface area contributed by atoms with Crippen molar-refractivity contribution in [2.75, 3.05) is 19.0 Å². The molecule has 2 aromatic rings. The Morgan fingerprint density at radius 2 is 2.13 bits per heavy atom. The minimum absolute atomic E-state index is 0.213. The number of hydrogen-bond acceptors (Lipinski definition) is 3. The summed E-state index contributed by atoms with van der Waals surface area (Å²) in [4.78, 5) is 12.0. The predicted molar refractivity (Wildman–Crippen MR) is 91.9 cm³/mol. The van der Waals surface area contributed by atoms with Crippen molar-refractivity contribution in [3.63, 3.8) is 0 Å². The van der Waals surface area contributed by atoms with Crippen molar-refractivity contribution in [2.24, 2.45) is 0 Å². The molecule has 23 heavy (non-hydrogen) atoms. The monoisotopic (exact) mass is 316 g/mol. The molecule has 3 N–H and O–H groups in total. The van der Waals surface area contributed by atoms with Gasteiger partial charge in [0.25, 0.3) is 0 Å². The third-order valence-electron chi connectivity index (χ3n) is 3.46. The molecule has 0 aliphatic heterocycles. The molecule has 0 saturated heterocycles. The molecule has 1 aromatic heterocycles. The van der Waals surface area contributed by atoms with Crippen molar-refractivity contribution < 1.29 is 9.53 Å². The van der Waals surface area contributed by atoms with Crippen LogP contribution in [0.3, 0.4) is 0 Å². The third kappa shape index (κ3) is 4.25. The summed E-state index contributed by atoms with van der Waals surface area (Å²) >= 11 is 0. The summed E-state index contributed by atoms with van der Waals surface area (Å²) in [6.07, 6.45) is 2.68. The van der Waals surface area contributed by atoms with E-state index in [1.807, 2.05) is 31.2 Å². The van der Waals surface area contributed by atoms with Gasteiger partial charge in [0.15, 0.2) is 0 Å². The topological polar surface area (TPSA) is 79.0 Å². The Hall–Kier alpha value is -2.50. The van der Waals surface area contributed by atoms with Crippen LogP contribution in [0.2, 0.25) is 0 Å². The molecule has 0 atom stereocenters. The lowest BCUT2D eigenvalue weighted by molar-refractivity contribution is 0.252. The van der Waals surface area contributed by atoms with Crippen molar-refractivity contribution >= 4 is 11.7 Å². The van der Waals surface area contributed by atoms with Gasteiger partial charge in [0.1, 0.15) is 11.4 Å². The molecule has 0 aliphatic carbocycles. The van der Waals surface area contributed by atoms with E-state index >= 15 is 0 Å². The minimum Gasteiger partial charge on any atom is -0.497 e. The van der Waals surface area contributed by atoms with E-state index in [1.165, 1.54) is 0 Å². The number of hydrogen-bond donors (Lipinski definition) is 3. The molecule has 0 spiro atoms. The Bertz CT molecular complexity index is 652. The first kappa shape index (κ1) is 16.9. The van der Waals surface area contributed by atoms with Crippen molar-refractivity contribution in [3.8, 4) is 17.0 Å². The highest BCUT2D eigenvalue weighted by molar-refractivity contribution is 5.94. The molecule has 1 heterocycles. The Labute approximate surface area is 136 Å². The van der Waals surface area contributed by atoms with Crippen molar-refractivity contribution in [2.45, 2.75) is 33.1 Å². The Morgan fingerprint density at radius 3 is 2.83 bits per heavy atom. The first-order chi connectivity index (χ1) is 11.2. The summed E-state index contributed by atoms with van der Waals surface area (Å²) in [5.41, 5.74) is 3.28. The number of urea groups is 1. The zero-order valence-electron chi connectivity index (χ0n) is 13.9. The predicted octanol–water partition coefficient (Wildman–Crippen LogP) is 3.57.